The molecule has 0 spiro atoms. The first-order chi connectivity index (χ1) is 16.2. The summed E-state index contributed by atoms with van der Waals surface area (Å²) in [6, 6.07) is 17.0. The normalized spacial score (nSPS) is 14.2. The fourth-order valence-corrected chi connectivity index (χ4v) is 4.05. The number of benzene rings is 1. The molecule has 2 aromatic heterocycles. The van der Waals surface area contributed by atoms with Crippen LogP contribution in [0.4, 0.5) is 0 Å². The van der Waals surface area contributed by atoms with Crippen molar-refractivity contribution in [2.45, 2.75) is 19.5 Å². The molecule has 1 amide bonds. The number of pyridine rings is 2. The number of aromatic nitrogens is 2. The monoisotopic (exact) mass is 446 g/mol. The van der Waals surface area contributed by atoms with Gasteiger partial charge in [-0.15, -0.1) is 0 Å². The second-order valence-electron chi connectivity index (χ2n) is 8.23. The van der Waals surface area contributed by atoms with Crippen LogP contribution in [0.1, 0.15) is 27.9 Å². The minimum absolute atomic E-state index is 0.203. The van der Waals surface area contributed by atoms with Gasteiger partial charge in [-0.3, -0.25) is 19.5 Å². The molecule has 1 aromatic carbocycles. The zero-order valence-electron chi connectivity index (χ0n) is 18.8. The number of ether oxygens (including phenoxy) is 1. The lowest BCUT2D eigenvalue weighted by Gasteiger charge is -2.28. The maximum Gasteiger partial charge on any atom is 0.263 e. The van der Waals surface area contributed by atoms with Crippen molar-refractivity contribution in [3.63, 3.8) is 0 Å². The fraction of sp³-hybridized carbons (Fsp3) is 0.346. The van der Waals surface area contributed by atoms with Crippen LogP contribution in [0.15, 0.2) is 78.0 Å². The SMILES string of the molecule is O=C(c1cccn(Cc2ccccc2)c1=O)N(CCCN1CCOCC1)Cc1ccncc1. The minimum atomic E-state index is -0.265. The van der Waals surface area contributed by atoms with Crippen molar-refractivity contribution in [2.75, 3.05) is 39.4 Å². The molecule has 0 atom stereocenters. The maximum atomic E-state index is 13.5. The van der Waals surface area contributed by atoms with Crippen LogP contribution in [-0.2, 0) is 17.8 Å². The standard InChI is InChI=1S/C26H30N4O3/c31-25-24(8-4-14-29(25)20-22-6-2-1-3-7-22)26(32)30(21-23-9-11-27-12-10-23)15-5-13-28-16-18-33-19-17-28/h1-4,6-12,14H,5,13,15-21H2. The number of rotatable bonds is 9. The summed E-state index contributed by atoms with van der Waals surface area (Å²) >= 11 is 0. The van der Waals surface area contributed by atoms with Gasteiger partial charge in [0, 0.05) is 51.3 Å². The molecule has 1 aliphatic rings. The third-order valence-corrected chi connectivity index (χ3v) is 5.86. The highest BCUT2D eigenvalue weighted by Gasteiger charge is 2.21. The molecule has 1 aliphatic heterocycles. The Kier molecular flexibility index (Phi) is 8.00. The summed E-state index contributed by atoms with van der Waals surface area (Å²) in [6.45, 7) is 5.69. The van der Waals surface area contributed by atoms with Crippen LogP contribution in [0.3, 0.4) is 0 Å². The Labute approximate surface area is 194 Å². The van der Waals surface area contributed by atoms with Crippen LogP contribution in [0.5, 0.6) is 0 Å². The van der Waals surface area contributed by atoms with Crippen molar-refractivity contribution in [3.05, 3.63) is 100 Å². The molecule has 7 heteroatoms. The highest BCUT2D eigenvalue weighted by atomic mass is 16.5. The molecule has 0 saturated carbocycles. The number of carbonyl (C=O) groups excluding carboxylic acids is 1. The van der Waals surface area contributed by atoms with Crippen molar-refractivity contribution < 1.29 is 9.53 Å². The highest BCUT2D eigenvalue weighted by Crippen LogP contribution is 2.10. The number of carbonyl (C=O) groups is 1. The van der Waals surface area contributed by atoms with E-state index in [2.05, 4.69) is 9.88 Å². The molecule has 3 heterocycles. The van der Waals surface area contributed by atoms with Gasteiger partial charge in [-0.2, -0.15) is 0 Å². The van der Waals surface area contributed by atoms with Crippen LogP contribution in [0.2, 0.25) is 0 Å². The zero-order chi connectivity index (χ0) is 22.9. The Morgan fingerprint density at radius 2 is 1.73 bits per heavy atom. The van der Waals surface area contributed by atoms with Gasteiger partial charge in [-0.25, -0.2) is 0 Å². The van der Waals surface area contributed by atoms with Gasteiger partial charge in [0.15, 0.2) is 0 Å². The first-order valence-corrected chi connectivity index (χ1v) is 11.4. The predicted molar refractivity (Wildman–Crippen MR) is 127 cm³/mol. The van der Waals surface area contributed by atoms with E-state index < -0.39 is 0 Å². The number of morpholine rings is 1. The van der Waals surface area contributed by atoms with Gasteiger partial charge in [0.1, 0.15) is 5.56 Å². The molecule has 0 aliphatic carbocycles. The smallest absolute Gasteiger partial charge is 0.263 e. The summed E-state index contributed by atoms with van der Waals surface area (Å²) in [5, 5.41) is 0. The third-order valence-electron chi connectivity index (χ3n) is 5.86. The molecule has 4 rings (SSSR count). The molecular formula is C26H30N4O3. The van der Waals surface area contributed by atoms with Crippen LogP contribution in [0, 0.1) is 0 Å². The van der Waals surface area contributed by atoms with Crippen molar-refractivity contribution in [3.8, 4) is 0 Å². The second kappa shape index (κ2) is 11.5. The predicted octanol–water partition coefficient (Wildman–Crippen LogP) is 2.66. The summed E-state index contributed by atoms with van der Waals surface area (Å²) in [6.07, 6.45) is 6.02. The fourth-order valence-electron chi connectivity index (χ4n) is 4.05. The van der Waals surface area contributed by atoms with Crippen LogP contribution >= 0.6 is 0 Å². The molecule has 172 valence electrons. The Balaban J connectivity index is 1.50. The molecule has 0 unspecified atom stereocenters. The average Bonchev–Trinajstić information content (AvgIpc) is 2.86. The van der Waals surface area contributed by atoms with E-state index in [1.54, 1.807) is 40.2 Å². The molecule has 0 radical (unpaired) electrons. The molecule has 0 bridgehead atoms. The lowest BCUT2D eigenvalue weighted by atomic mass is 10.1. The van der Waals surface area contributed by atoms with E-state index in [1.165, 1.54) is 0 Å². The summed E-state index contributed by atoms with van der Waals surface area (Å²) in [4.78, 5) is 34.9. The highest BCUT2D eigenvalue weighted by molar-refractivity contribution is 5.93. The van der Waals surface area contributed by atoms with Gasteiger partial charge in [0.2, 0.25) is 0 Å². The van der Waals surface area contributed by atoms with Gasteiger partial charge in [-0.1, -0.05) is 30.3 Å². The Morgan fingerprint density at radius 1 is 0.970 bits per heavy atom. The van der Waals surface area contributed by atoms with E-state index in [1.807, 2.05) is 42.5 Å². The third kappa shape index (κ3) is 6.37. The minimum Gasteiger partial charge on any atom is -0.379 e. The molecule has 1 fully saturated rings. The number of amides is 1. The molecule has 7 nitrogen and oxygen atoms in total. The van der Waals surface area contributed by atoms with E-state index in [9.17, 15) is 9.59 Å². The lowest BCUT2D eigenvalue weighted by molar-refractivity contribution is 0.0355. The molecule has 3 aromatic rings. The Bertz CT molecular complexity index is 1080. The summed E-state index contributed by atoms with van der Waals surface area (Å²) in [5.74, 6) is -0.235. The number of nitrogens with zero attached hydrogens (tertiary/aromatic N) is 4. The van der Waals surface area contributed by atoms with E-state index in [0.29, 0.717) is 19.6 Å². The van der Waals surface area contributed by atoms with Crippen molar-refractivity contribution in [2.24, 2.45) is 0 Å². The molecule has 1 saturated heterocycles. The van der Waals surface area contributed by atoms with E-state index in [4.69, 9.17) is 4.74 Å². The van der Waals surface area contributed by atoms with Gasteiger partial charge in [-0.05, 0) is 41.8 Å². The number of hydrogen-bond acceptors (Lipinski definition) is 5. The number of hydrogen-bond donors (Lipinski definition) is 0. The zero-order valence-corrected chi connectivity index (χ0v) is 18.8. The molecule has 0 N–H and O–H groups in total. The van der Waals surface area contributed by atoms with Crippen molar-refractivity contribution >= 4 is 5.91 Å². The van der Waals surface area contributed by atoms with Gasteiger partial charge >= 0.3 is 0 Å². The van der Waals surface area contributed by atoms with Crippen molar-refractivity contribution in [1.29, 1.82) is 0 Å². The Hall–Kier alpha value is -3.29. The van der Waals surface area contributed by atoms with E-state index in [0.717, 1.165) is 50.4 Å². The molecule has 33 heavy (non-hydrogen) atoms. The first-order valence-electron chi connectivity index (χ1n) is 11.4. The van der Waals surface area contributed by atoms with Crippen molar-refractivity contribution in [1.82, 2.24) is 19.4 Å². The van der Waals surface area contributed by atoms with E-state index in [-0.39, 0.29) is 17.0 Å². The van der Waals surface area contributed by atoms with E-state index >= 15 is 0 Å². The van der Waals surface area contributed by atoms with Gasteiger partial charge < -0.3 is 14.2 Å². The second-order valence-corrected chi connectivity index (χ2v) is 8.23. The summed E-state index contributed by atoms with van der Waals surface area (Å²) in [7, 11) is 0. The van der Waals surface area contributed by atoms with Gasteiger partial charge in [0.05, 0.1) is 19.8 Å². The van der Waals surface area contributed by atoms with Gasteiger partial charge in [0.25, 0.3) is 11.5 Å². The molecular weight excluding hydrogens is 416 g/mol. The topological polar surface area (TPSA) is 67.7 Å². The summed E-state index contributed by atoms with van der Waals surface area (Å²) in [5.41, 5.74) is 1.95. The summed E-state index contributed by atoms with van der Waals surface area (Å²) < 4.78 is 7.02. The average molecular weight is 447 g/mol. The van der Waals surface area contributed by atoms with Crippen LogP contribution in [0.25, 0.3) is 0 Å². The Morgan fingerprint density at radius 3 is 2.48 bits per heavy atom. The maximum absolute atomic E-state index is 13.5. The van der Waals surface area contributed by atoms with Crippen LogP contribution < -0.4 is 5.56 Å². The lowest BCUT2D eigenvalue weighted by Crippen LogP contribution is -2.40. The quantitative estimate of drug-likeness (QED) is 0.506. The van der Waals surface area contributed by atoms with Crippen LogP contribution in [-0.4, -0.2) is 64.7 Å². The first kappa shape index (κ1) is 22.9. The largest absolute Gasteiger partial charge is 0.379 e.